The Bertz CT molecular complexity index is 1290. The molecule has 5 rings (SSSR count). The van der Waals surface area contributed by atoms with Crippen molar-refractivity contribution in [2.45, 2.75) is 30.3 Å². The zero-order valence-electron chi connectivity index (χ0n) is 18.3. The van der Waals surface area contributed by atoms with Crippen LogP contribution >= 0.6 is 11.9 Å². The molecule has 0 bridgehead atoms. The van der Waals surface area contributed by atoms with Crippen molar-refractivity contribution >= 4 is 17.8 Å². The second-order valence-corrected chi connectivity index (χ2v) is 8.66. The van der Waals surface area contributed by atoms with Crippen LogP contribution in [0.5, 0.6) is 0 Å². The normalized spacial score (nSPS) is 12.5. The number of rotatable bonds is 4. The van der Waals surface area contributed by atoms with E-state index in [9.17, 15) is 22.0 Å². The summed E-state index contributed by atoms with van der Waals surface area (Å²) in [5.74, 6) is -0.587. The van der Waals surface area contributed by atoms with Crippen molar-refractivity contribution in [3.05, 3.63) is 108 Å². The monoisotopic (exact) mass is 501 g/mol. The lowest BCUT2D eigenvalue weighted by Gasteiger charge is -2.08. The van der Waals surface area contributed by atoms with Crippen LogP contribution < -0.4 is 4.72 Å². The Labute approximate surface area is 203 Å². The van der Waals surface area contributed by atoms with Crippen LogP contribution in [0.4, 0.5) is 27.8 Å². The minimum absolute atomic E-state index is 0.354. The number of nitrogens with zero attached hydrogens (tertiary/aromatic N) is 2. The maximum absolute atomic E-state index is 12.9. The molecular formula is C26H20F5N3S. The van der Waals surface area contributed by atoms with Crippen molar-refractivity contribution in [1.29, 1.82) is 0 Å². The molecule has 4 aromatic rings. The Balaban J connectivity index is 0.000000165. The van der Waals surface area contributed by atoms with E-state index in [2.05, 4.69) is 32.9 Å². The zero-order chi connectivity index (χ0) is 24.8. The van der Waals surface area contributed by atoms with Crippen LogP contribution in [0.15, 0.2) is 83.9 Å². The van der Waals surface area contributed by atoms with Crippen molar-refractivity contribution in [1.82, 2.24) is 9.97 Å². The summed E-state index contributed by atoms with van der Waals surface area (Å²) >= 11 is 1.47. The molecule has 9 heteroatoms. The van der Waals surface area contributed by atoms with Crippen molar-refractivity contribution in [2.24, 2.45) is 0 Å². The highest BCUT2D eigenvalue weighted by Gasteiger charge is 2.30. The molecule has 1 N–H and O–H groups in total. The van der Waals surface area contributed by atoms with Crippen LogP contribution in [0.3, 0.4) is 0 Å². The third kappa shape index (κ3) is 6.79. The summed E-state index contributed by atoms with van der Waals surface area (Å²) in [6, 6.07) is 18.5. The third-order valence-corrected chi connectivity index (χ3v) is 6.11. The third-order valence-electron chi connectivity index (χ3n) is 5.31. The topological polar surface area (TPSA) is 37.8 Å². The van der Waals surface area contributed by atoms with Gasteiger partial charge in [0.15, 0.2) is 0 Å². The van der Waals surface area contributed by atoms with E-state index in [0.717, 1.165) is 23.1 Å². The van der Waals surface area contributed by atoms with Gasteiger partial charge in [-0.1, -0.05) is 24.3 Å². The number of halogens is 5. The number of alkyl halides is 3. The fourth-order valence-corrected chi connectivity index (χ4v) is 4.28. The Kier molecular flexibility index (Phi) is 7.65. The summed E-state index contributed by atoms with van der Waals surface area (Å²) < 4.78 is 66.0. The summed E-state index contributed by atoms with van der Waals surface area (Å²) in [5, 5.41) is 0. The number of fused-ring (bicyclic) bond motifs is 1. The lowest BCUT2D eigenvalue weighted by atomic mass is 10.0. The number of hydrogen-bond acceptors (Lipinski definition) is 4. The average Bonchev–Trinajstić information content (AvgIpc) is 3.31. The van der Waals surface area contributed by atoms with Crippen LogP contribution in [0.2, 0.25) is 0 Å². The van der Waals surface area contributed by atoms with Gasteiger partial charge in [-0.3, -0.25) is 0 Å². The predicted octanol–water partition coefficient (Wildman–Crippen LogP) is 7.74. The fraction of sp³-hybridized carbons (Fsp3) is 0.154. The number of benzene rings is 2. The number of hydrogen-bond donors (Lipinski definition) is 1. The molecule has 2 heterocycles. The van der Waals surface area contributed by atoms with Gasteiger partial charge in [-0.05, 0) is 96.4 Å². The molecule has 0 unspecified atom stereocenters. The molecule has 0 radical (unpaired) electrons. The van der Waals surface area contributed by atoms with Crippen LogP contribution in [0, 0.1) is 11.9 Å². The van der Waals surface area contributed by atoms with Crippen LogP contribution in [0.1, 0.15) is 23.1 Å². The SMILES string of the molecule is Fc1ccc(-c2cccc(C(F)(F)F)c2)cn1.Fc1cccc(NSc2ccc3c(c2)CCC3)n1. The number of nitrogens with one attached hydrogen (secondary N) is 1. The minimum atomic E-state index is -4.39. The van der Waals surface area contributed by atoms with Gasteiger partial charge < -0.3 is 4.72 Å². The van der Waals surface area contributed by atoms with E-state index in [-0.39, 0.29) is 0 Å². The molecule has 0 amide bonds. The maximum Gasteiger partial charge on any atom is 0.416 e. The van der Waals surface area contributed by atoms with Gasteiger partial charge in [-0.15, -0.1) is 0 Å². The van der Waals surface area contributed by atoms with E-state index in [1.807, 2.05) is 0 Å². The predicted molar refractivity (Wildman–Crippen MR) is 127 cm³/mol. The number of aromatic nitrogens is 2. The second-order valence-electron chi connectivity index (χ2n) is 7.78. The van der Waals surface area contributed by atoms with Crippen molar-refractivity contribution in [2.75, 3.05) is 4.72 Å². The molecule has 0 saturated heterocycles. The maximum atomic E-state index is 12.9. The van der Waals surface area contributed by atoms with E-state index in [4.69, 9.17) is 0 Å². The van der Waals surface area contributed by atoms with E-state index in [1.54, 1.807) is 12.1 Å². The summed E-state index contributed by atoms with van der Waals surface area (Å²) in [7, 11) is 0. The van der Waals surface area contributed by atoms with E-state index >= 15 is 0 Å². The molecule has 0 saturated carbocycles. The first-order valence-electron chi connectivity index (χ1n) is 10.7. The number of anilines is 1. The molecule has 180 valence electrons. The Morgan fingerprint density at radius 3 is 2.31 bits per heavy atom. The van der Waals surface area contributed by atoms with E-state index in [1.165, 1.54) is 72.8 Å². The highest BCUT2D eigenvalue weighted by Crippen LogP contribution is 2.32. The van der Waals surface area contributed by atoms with Gasteiger partial charge in [0.05, 0.1) is 5.56 Å². The van der Waals surface area contributed by atoms with Gasteiger partial charge in [0.2, 0.25) is 11.9 Å². The van der Waals surface area contributed by atoms with Gasteiger partial charge in [-0.2, -0.15) is 22.0 Å². The summed E-state index contributed by atoms with van der Waals surface area (Å²) in [6.45, 7) is 0. The fourth-order valence-electron chi connectivity index (χ4n) is 3.61. The Hall–Kier alpha value is -3.46. The highest BCUT2D eigenvalue weighted by atomic mass is 32.2. The molecule has 2 aromatic carbocycles. The Morgan fingerprint density at radius 2 is 1.57 bits per heavy atom. The van der Waals surface area contributed by atoms with Crippen molar-refractivity contribution in [3.8, 4) is 11.1 Å². The highest BCUT2D eigenvalue weighted by molar-refractivity contribution is 8.00. The van der Waals surface area contributed by atoms with Gasteiger partial charge >= 0.3 is 6.18 Å². The van der Waals surface area contributed by atoms with Gasteiger partial charge in [0.25, 0.3) is 0 Å². The number of aryl methyl sites for hydroxylation is 2. The van der Waals surface area contributed by atoms with Gasteiger partial charge in [0, 0.05) is 16.7 Å². The van der Waals surface area contributed by atoms with Crippen LogP contribution in [0.25, 0.3) is 11.1 Å². The smallest absolute Gasteiger partial charge is 0.310 e. The van der Waals surface area contributed by atoms with Crippen LogP contribution in [-0.4, -0.2) is 9.97 Å². The molecule has 0 aliphatic heterocycles. The van der Waals surface area contributed by atoms with Gasteiger partial charge in [-0.25, -0.2) is 9.97 Å². The van der Waals surface area contributed by atoms with Crippen molar-refractivity contribution < 1.29 is 22.0 Å². The number of pyridine rings is 2. The van der Waals surface area contributed by atoms with Gasteiger partial charge in [0.1, 0.15) is 5.82 Å². The molecule has 0 fully saturated rings. The molecule has 2 aromatic heterocycles. The first kappa shape index (κ1) is 24.7. The summed E-state index contributed by atoms with van der Waals surface area (Å²) in [5.41, 5.74) is 2.96. The molecule has 3 nitrogen and oxygen atoms in total. The van der Waals surface area contributed by atoms with Crippen LogP contribution in [-0.2, 0) is 19.0 Å². The lowest BCUT2D eigenvalue weighted by molar-refractivity contribution is -0.137. The van der Waals surface area contributed by atoms with Crippen molar-refractivity contribution in [3.63, 3.8) is 0 Å². The van der Waals surface area contributed by atoms with E-state index in [0.29, 0.717) is 16.9 Å². The zero-order valence-corrected chi connectivity index (χ0v) is 19.1. The molecular weight excluding hydrogens is 481 g/mol. The summed E-state index contributed by atoms with van der Waals surface area (Å²) in [4.78, 5) is 8.30. The Morgan fingerprint density at radius 1 is 0.771 bits per heavy atom. The van der Waals surface area contributed by atoms with E-state index < -0.39 is 23.6 Å². The standard InChI is InChI=1S/C14H13FN2S.C12H7F4N/c15-13-5-2-6-14(16-13)17-18-12-8-7-10-3-1-4-11(10)9-12;13-11-5-4-9(7-17-11)8-2-1-3-10(6-8)12(14,15)16/h2,5-9H,1,3-4H2,(H,16,17);1-7H. The summed E-state index contributed by atoms with van der Waals surface area (Å²) in [6.07, 6.45) is 0.428. The first-order chi connectivity index (χ1) is 16.8. The molecule has 35 heavy (non-hydrogen) atoms. The first-order valence-corrected chi connectivity index (χ1v) is 11.6. The molecule has 1 aliphatic carbocycles. The molecule has 0 spiro atoms. The average molecular weight is 502 g/mol. The molecule has 0 atom stereocenters. The second kappa shape index (κ2) is 10.9. The molecule has 1 aliphatic rings. The lowest BCUT2D eigenvalue weighted by Crippen LogP contribution is -2.04. The largest absolute Gasteiger partial charge is 0.416 e. The minimum Gasteiger partial charge on any atom is -0.310 e. The quantitative estimate of drug-likeness (QED) is 0.176.